The molecule has 0 radical (unpaired) electrons. The van der Waals surface area contributed by atoms with E-state index in [9.17, 15) is 18.8 Å². The second-order valence-corrected chi connectivity index (χ2v) is 11.7. The standard InChI is InChI=1S/C28H35ClFN5O4/c1-15(25(36)34-22-9-8-21-18(22)6-10-24(31)33-21)32-26(37)23-13-17(11-16-5-7-20(30)19(29)12-16)14-35(23)27(38)39-28(2,3)4/h5-7,10,12,15,17,22-23H,8-9,11,13-14H2,1-4H3,(H2,31,33)(H,32,37)(H,34,36)/t15-,17-,22?,23+/m0/s1. The number of pyridine rings is 1. The first-order valence-electron chi connectivity index (χ1n) is 13.1. The Labute approximate surface area is 232 Å². The van der Waals surface area contributed by atoms with Crippen molar-refractivity contribution in [2.24, 2.45) is 5.92 Å². The molecule has 0 saturated carbocycles. The normalized spacial score (nSPS) is 21.3. The highest BCUT2D eigenvalue weighted by atomic mass is 35.5. The number of benzene rings is 1. The predicted octanol–water partition coefficient (Wildman–Crippen LogP) is 3.93. The Morgan fingerprint density at radius 3 is 2.69 bits per heavy atom. The third kappa shape index (κ3) is 6.98. The number of nitrogen functional groups attached to an aromatic ring is 1. The molecule has 1 fully saturated rings. The van der Waals surface area contributed by atoms with Crippen molar-refractivity contribution in [1.82, 2.24) is 20.5 Å². The second kappa shape index (κ2) is 11.4. The van der Waals surface area contributed by atoms with Crippen LogP contribution in [0.1, 0.15) is 63.4 Å². The van der Waals surface area contributed by atoms with E-state index in [1.165, 1.54) is 11.0 Å². The van der Waals surface area contributed by atoms with Gasteiger partial charge in [0.05, 0.1) is 11.1 Å². The first-order chi connectivity index (χ1) is 18.3. The predicted molar refractivity (Wildman–Crippen MR) is 145 cm³/mol. The number of carbonyl (C=O) groups is 3. The highest BCUT2D eigenvalue weighted by Gasteiger charge is 2.42. The van der Waals surface area contributed by atoms with E-state index in [4.69, 9.17) is 22.1 Å². The maximum Gasteiger partial charge on any atom is 0.410 e. The van der Waals surface area contributed by atoms with Crippen LogP contribution in [0.5, 0.6) is 0 Å². The zero-order chi connectivity index (χ0) is 28.5. The first kappa shape index (κ1) is 28.6. The number of hydrogen-bond donors (Lipinski definition) is 3. The van der Waals surface area contributed by atoms with Crippen LogP contribution in [0.4, 0.5) is 15.0 Å². The summed E-state index contributed by atoms with van der Waals surface area (Å²) in [7, 11) is 0. The smallest absolute Gasteiger partial charge is 0.410 e. The van der Waals surface area contributed by atoms with Crippen LogP contribution in [0, 0.1) is 11.7 Å². The quantitative estimate of drug-likeness (QED) is 0.492. The molecule has 39 heavy (non-hydrogen) atoms. The molecule has 11 heteroatoms. The lowest BCUT2D eigenvalue weighted by atomic mass is 9.96. The summed E-state index contributed by atoms with van der Waals surface area (Å²) in [6.45, 7) is 7.15. The van der Waals surface area contributed by atoms with Crippen LogP contribution < -0.4 is 16.4 Å². The molecule has 1 aromatic carbocycles. The van der Waals surface area contributed by atoms with Gasteiger partial charge in [-0.25, -0.2) is 14.2 Å². The van der Waals surface area contributed by atoms with Crippen LogP contribution in [0.2, 0.25) is 5.02 Å². The average molecular weight is 560 g/mol. The van der Waals surface area contributed by atoms with E-state index in [1.54, 1.807) is 45.9 Å². The zero-order valence-corrected chi connectivity index (χ0v) is 23.3. The van der Waals surface area contributed by atoms with E-state index in [1.807, 2.05) is 6.07 Å². The number of hydrogen-bond acceptors (Lipinski definition) is 6. The molecule has 4 N–H and O–H groups in total. The summed E-state index contributed by atoms with van der Waals surface area (Å²) >= 11 is 5.94. The third-order valence-corrected chi connectivity index (χ3v) is 7.26. The number of likely N-dealkylation sites (tertiary alicyclic amines) is 1. The van der Waals surface area contributed by atoms with Crippen molar-refractivity contribution in [3.8, 4) is 0 Å². The third-order valence-electron chi connectivity index (χ3n) is 6.97. The molecule has 1 aliphatic carbocycles. The topological polar surface area (TPSA) is 127 Å². The highest BCUT2D eigenvalue weighted by Crippen LogP contribution is 2.31. The molecular weight excluding hydrogens is 525 g/mol. The molecule has 2 heterocycles. The Bertz CT molecular complexity index is 1270. The van der Waals surface area contributed by atoms with Gasteiger partial charge in [0, 0.05) is 12.2 Å². The second-order valence-electron chi connectivity index (χ2n) is 11.3. The Morgan fingerprint density at radius 2 is 2.00 bits per heavy atom. The summed E-state index contributed by atoms with van der Waals surface area (Å²) in [5, 5.41) is 5.78. The maximum atomic E-state index is 13.6. The average Bonchev–Trinajstić information content (AvgIpc) is 3.44. The van der Waals surface area contributed by atoms with Crippen molar-refractivity contribution in [1.29, 1.82) is 0 Å². The highest BCUT2D eigenvalue weighted by molar-refractivity contribution is 6.30. The number of nitrogens with one attached hydrogen (secondary N) is 2. The Balaban J connectivity index is 1.42. The molecule has 1 aliphatic heterocycles. The van der Waals surface area contributed by atoms with Gasteiger partial charge in [0.15, 0.2) is 0 Å². The van der Waals surface area contributed by atoms with Crippen LogP contribution >= 0.6 is 11.6 Å². The summed E-state index contributed by atoms with van der Waals surface area (Å²) in [5.74, 6) is -0.933. The fraction of sp³-hybridized carbons (Fsp3) is 0.500. The monoisotopic (exact) mass is 559 g/mol. The molecular formula is C28H35ClFN5O4. The Kier molecular flexibility index (Phi) is 8.34. The van der Waals surface area contributed by atoms with E-state index in [2.05, 4.69) is 15.6 Å². The van der Waals surface area contributed by atoms with Gasteiger partial charge in [-0.2, -0.15) is 0 Å². The van der Waals surface area contributed by atoms with Crippen LogP contribution in [0.15, 0.2) is 30.3 Å². The maximum absolute atomic E-state index is 13.6. The van der Waals surface area contributed by atoms with Crippen LogP contribution in [0.25, 0.3) is 0 Å². The summed E-state index contributed by atoms with van der Waals surface area (Å²) in [6, 6.07) is 6.20. The number of nitrogens with two attached hydrogens (primary N) is 1. The van der Waals surface area contributed by atoms with Gasteiger partial charge in [-0.05, 0) is 88.6 Å². The van der Waals surface area contributed by atoms with Gasteiger partial charge in [0.1, 0.15) is 29.3 Å². The lowest BCUT2D eigenvalue weighted by Gasteiger charge is -2.28. The zero-order valence-electron chi connectivity index (χ0n) is 22.6. The lowest BCUT2D eigenvalue weighted by molar-refractivity contribution is -0.131. The number of halogens is 2. The van der Waals surface area contributed by atoms with Crippen molar-refractivity contribution >= 4 is 35.3 Å². The Hall–Kier alpha value is -3.40. The molecule has 0 spiro atoms. The van der Waals surface area contributed by atoms with Crippen molar-refractivity contribution in [2.75, 3.05) is 12.3 Å². The minimum atomic E-state index is -0.835. The Morgan fingerprint density at radius 1 is 1.26 bits per heavy atom. The molecule has 210 valence electrons. The lowest BCUT2D eigenvalue weighted by Crippen LogP contribution is -2.52. The van der Waals surface area contributed by atoms with Crippen LogP contribution in [-0.4, -0.2) is 52.0 Å². The number of aryl methyl sites for hydroxylation is 1. The van der Waals surface area contributed by atoms with Gasteiger partial charge in [-0.3, -0.25) is 14.5 Å². The fourth-order valence-corrected chi connectivity index (χ4v) is 5.35. The van der Waals surface area contributed by atoms with E-state index in [0.717, 1.165) is 16.8 Å². The molecule has 0 bridgehead atoms. The molecule has 9 nitrogen and oxygen atoms in total. The molecule has 2 aromatic rings. The molecule has 3 amide bonds. The number of nitrogens with zero attached hydrogens (tertiary/aromatic N) is 2. The van der Waals surface area contributed by atoms with E-state index < -0.39 is 35.5 Å². The minimum absolute atomic E-state index is 0.0211. The number of carbonyl (C=O) groups excluding carboxylic acids is 3. The molecule has 1 unspecified atom stereocenters. The summed E-state index contributed by atoms with van der Waals surface area (Å²) < 4.78 is 19.2. The fourth-order valence-electron chi connectivity index (χ4n) is 5.15. The molecule has 1 aromatic heterocycles. The SMILES string of the molecule is C[C@H](NC(=O)[C@H]1C[C@H](Cc2ccc(F)c(Cl)c2)CN1C(=O)OC(C)(C)C)C(=O)NC1CCc2nc(N)ccc21. The molecule has 1 saturated heterocycles. The number of ether oxygens (including phenoxy) is 1. The number of rotatable bonds is 6. The van der Waals surface area contributed by atoms with E-state index >= 15 is 0 Å². The van der Waals surface area contributed by atoms with Crippen molar-refractivity contribution in [3.05, 3.63) is 58.0 Å². The van der Waals surface area contributed by atoms with Crippen molar-refractivity contribution in [2.45, 2.75) is 77.1 Å². The summed E-state index contributed by atoms with van der Waals surface area (Å²) in [4.78, 5) is 45.1. The number of amides is 3. The van der Waals surface area contributed by atoms with Gasteiger partial charge < -0.3 is 21.1 Å². The molecule has 4 rings (SSSR count). The van der Waals surface area contributed by atoms with Gasteiger partial charge in [0.2, 0.25) is 11.8 Å². The van der Waals surface area contributed by atoms with Crippen LogP contribution in [0.3, 0.4) is 0 Å². The van der Waals surface area contributed by atoms with Crippen molar-refractivity contribution in [3.63, 3.8) is 0 Å². The van der Waals surface area contributed by atoms with Crippen LogP contribution in [-0.2, 0) is 27.2 Å². The van der Waals surface area contributed by atoms with Gasteiger partial charge in [-0.15, -0.1) is 0 Å². The first-order valence-corrected chi connectivity index (χ1v) is 13.5. The summed E-state index contributed by atoms with van der Waals surface area (Å²) in [6.07, 6.45) is 1.66. The number of aromatic nitrogens is 1. The van der Waals surface area contributed by atoms with Gasteiger partial charge >= 0.3 is 6.09 Å². The molecule has 2 aliphatic rings. The summed E-state index contributed by atoms with van der Waals surface area (Å²) in [5.41, 5.74) is 7.61. The van der Waals surface area contributed by atoms with E-state index in [-0.39, 0.29) is 29.4 Å². The van der Waals surface area contributed by atoms with Gasteiger partial charge in [-0.1, -0.05) is 23.7 Å². The number of anilines is 1. The largest absolute Gasteiger partial charge is 0.444 e. The van der Waals surface area contributed by atoms with Gasteiger partial charge in [0.25, 0.3) is 0 Å². The number of fused-ring (bicyclic) bond motifs is 1. The van der Waals surface area contributed by atoms with Crippen molar-refractivity contribution < 1.29 is 23.5 Å². The molecule has 4 atom stereocenters. The van der Waals surface area contributed by atoms with E-state index in [0.29, 0.717) is 31.5 Å². The minimum Gasteiger partial charge on any atom is -0.444 e.